The highest BCUT2D eigenvalue weighted by atomic mass is 35.5. The molecule has 1 fully saturated rings. The van der Waals surface area contributed by atoms with Crippen molar-refractivity contribution in [3.8, 4) is 0 Å². The second-order valence-electron chi connectivity index (χ2n) is 4.35. The molecule has 0 amide bonds. The fourth-order valence-corrected chi connectivity index (χ4v) is 2.75. The summed E-state index contributed by atoms with van der Waals surface area (Å²) in [6.45, 7) is 2.22. The van der Waals surface area contributed by atoms with E-state index in [4.69, 9.17) is 21.1 Å². The van der Waals surface area contributed by atoms with Gasteiger partial charge in [0.15, 0.2) is 0 Å². The standard InChI is InChI=1S/C12H23ClO2/c1-14-8-9-15-7-6-12(10-13)11-4-2-3-5-11/h11-12H,2-10H2,1H3. The van der Waals surface area contributed by atoms with Crippen LogP contribution in [0.15, 0.2) is 0 Å². The largest absolute Gasteiger partial charge is 0.382 e. The maximum Gasteiger partial charge on any atom is 0.0700 e. The third kappa shape index (κ3) is 5.19. The van der Waals surface area contributed by atoms with Crippen LogP contribution in [0, 0.1) is 11.8 Å². The molecule has 15 heavy (non-hydrogen) atoms. The van der Waals surface area contributed by atoms with Crippen LogP contribution < -0.4 is 0 Å². The molecule has 2 nitrogen and oxygen atoms in total. The molecule has 0 bridgehead atoms. The quantitative estimate of drug-likeness (QED) is 0.475. The molecule has 0 aromatic rings. The first kappa shape index (κ1) is 13.3. The van der Waals surface area contributed by atoms with Gasteiger partial charge in [-0.05, 0) is 18.3 Å². The summed E-state index contributed by atoms with van der Waals surface area (Å²) in [5, 5.41) is 0. The number of halogens is 1. The first-order valence-electron chi connectivity index (χ1n) is 6.01. The highest BCUT2D eigenvalue weighted by Gasteiger charge is 2.23. The van der Waals surface area contributed by atoms with E-state index in [0.29, 0.717) is 19.1 Å². The van der Waals surface area contributed by atoms with Crippen molar-refractivity contribution < 1.29 is 9.47 Å². The zero-order valence-electron chi connectivity index (χ0n) is 9.71. The van der Waals surface area contributed by atoms with Gasteiger partial charge in [-0.15, -0.1) is 11.6 Å². The Balaban J connectivity index is 2.05. The van der Waals surface area contributed by atoms with Crippen LogP contribution in [-0.2, 0) is 9.47 Å². The summed E-state index contributed by atoms with van der Waals surface area (Å²) in [5.74, 6) is 2.31. The summed E-state index contributed by atoms with van der Waals surface area (Å²) in [4.78, 5) is 0. The van der Waals surface area contributed by atoms with Gasteiger partial charge in [-0.2, -0.15) is 0 Å². The van der Waals surface area contributed by atoms with E-state index in [2.05, 4.69) is 0 Å². The van der Waals surface area contributed by atoms with Crippen molar-refractivity contribution in [3.05, 3.63) is 0 Å². The normalized spacial score (nSPS) is 19.6. The molecule has 0 aliphatic heterocycles. The zero-order valence-corrected chi connectivity index (χ0v) is 10.5. The first-order valence-corrected chi connectivity index (χ1v) is 6.54. The topological polar surface area (TPSA) is 18.5 Å². The van der Waals surface area contributed by atoms with E-state index in [0.717, 1.165) is 24.8 Å². The molecule has 3 heteroatoms. The Bertz CT molecular complexity index is 147. The lowest BCUT2D eigenvalue weighted by atomic mass is 9.90. The molecule has 1 rings (SSSR count). The number of methoxy groups -OCH3 is 1. The summed E-state index contributed by atoms with van der Waals surface area (Å²) >= 11 is 6.01. The van der Waals surface area contributed by atoms with Gasteiger partial charge in [0.1, 0.15) is 0 Å². The molecule has 1 saturated carbocycles. The number of ether oxygens (including phenoxy) is 2. The Morgan fingerprint density at radius 2 is 1.93 bits per heavy atom. The second-order valence-corrected chi connectivity index (χ2v) is 4.66. The minimum Gasteiger partial charge on any atom is -0.382 e. The van der Waals surface area contributed by atoms with Crippen molar-refractivity contribution in [3.63, 3.8) is 0 Å². The minimum absolute atomic E-state index is 0.664. The van der Waals surface area contributed by atoms with Gasteiger partial charge in [-0.1, -0.05) is 25.7 Å². The summed E-state index contributed by atoms with van der Waals surface area (Å²) in [5.41, 5.74) is 0. The second kappa shape index (κ2) is 8.37. The molecule has 0 aromatic carbocycles. The zero-order chi connectivity index (χ0) is 10.9. The molecule has 1 aliphatic rings. The van der Waals surface area contributed by atoms with Gasteiger partial charge < -0.3 is 9.47 Å². The van der Waals surface area contributed by atoms with Gasteiger partial charge in [0, 0.05) is 19.6 Å². The third-order valence-corrected chi connectivity index (χ3v) is 3.73. The number of hydrogen-bond donors (Lipinski definition) is 0. The molecule has 0 aromatic heterocycles. The Kier molecular flexibility index (Phi) is 7.41. The SMILES string of the molecule is COCCOCCC(CCl)C1CCCC1. The molecule has 1 aliphatic carbocycles. The van der Waals surface area contributed by atoms with Gasteiger partial charge in [0.05, 0.1) is 13.2 Å². The summed E-state index contributed by atoms with van der Waals surface area (Å²) in [6.07, 6.45) is 6.63. The molecule has 0 spiro atoms. The van der Waals surface area contributed by atoms with Crippen LogP contribution in [0.25, 0.3) is 0 Å². The summed E-state index contributed by atoms with van der Waals surface area (Å²) in [6, 6.07) is 0. The van der Waals surface area contributed by atoms with Gasteiger partial charge >= 0.3 is 0 Å². The molecule has 0 N–H and O–H groups in total. The van der Waals surface area contributed by atoms with Crippen LogP contribution in [0.3, 0.4) is 0 Å². The van der Waals surface area contributed by atoms with Gasteiger partial charge in [0.2, 0.25) is 0 Å². The summed E-state index contributed by atoms with van der Waals surface area (Å²) in [7, 11) is 1.70. The van der Waals surface area contributed by atoms with E-state index in [1.54, 1.807) is 7.11 Å². The van der Waals surface area contributed by atoms with Crippen molar-refractivity contribution in [1.29, 1.82) is 0 Å². The predicted octanol–water partition coefficient (Wildman–Crippen LogP) is 3.08. The Hall–Kier alpha value is 0.210. The van der Waals surface area contributed by atoms with Crippen LogP contribution in [0.4, 0.5) is 0 Å². The van der Waals surface area contributed by atoms with Crippen LogP contribution in [0.5, 0.6) is 0 Å². The first-order chi connectivity index (χ1) is 7.38. The van der Waals surface area contributed by atoms with Crippen molar-refractivity contribution in [1.82, 2.24) is 0 Å². The van der Waals surface area contributed by atoms with E-state index in [-0.39, 0.29) is 0 Å². The fraction of sp³-hybridized carbons (Fsp3) is 1.00. The Labute approximate surface area is 98.3 Å². The predicted molar refractivity (Wildman–Crippen MR) is 63.5 cm³/mol. The molecule has 1 atom stereocenters. The van der Waals surface area contributed by atoms with Crippen molar-refractivity contribution >= 4 is 11.6 Å². The summed E-state index contributed by atoms with van der Waals surface area (Å²) < 4.78 is 10.4. The smallest absolute Gasteiger partial charge is 0.0700 e. The van der Waals surface area contributed by atoms with Gasteiger partial charge in [-0.3, -0.25) is 0 Å². The third-order valence-electron chi connectivity index (χ3n) is 3.33. The van der Waals surface area contributed by atoms with E-state index in [1.165, 1.54) is 25.7 Å². The molecule has 1 unspecified atom stereocenters. The Morgan fingerprint density at radius 3 is 2.53 bits per heavy atom. The molecule has 0 heterocycles. The number of hydrogen-bond acceptors (Lipinski definition) is 2. The Morgan fingerprint density at radius 1 is 1.20 bits per heavy atom. The number of alkyl halides is 1. The van der Waals surface area contributed by atoms with E-state index in [1.807, 2.05) is 0 Å². The van der Waals surface area contributed by atoms with E-state index < -0.39 is 0 Å². The lowest BCUT2D eigenvalue weighted by molar-refractivity contribution is 0.0613. The number of rotatable bonds is 8. The van der Waals surface area contributed by atoms with Gasteiger partial charge in [-0.25, -0.2) is 0 Å². The van der Waals surface area contributed by atoms with Crippen LogP contribution in [0.1, 0.15) is 32.1 Å². The monoisotopic (exact) mass is 234 g/mol. The molecule has 0 saturated heterocycles. The average Bonchev–Trinajstić information content (AvgIpc) is 2.77. The van der Waals surface area contributed by atoms with Crippen molar-refractivity contribution in [2.24, 2.45) is 11.8 Å². The van der Waals surface area contributed by atoms with Crippen LogP contribution >= 0.6 is 11.6 Å². The van der Waals surface area contributed by atoms with Crippen LogP contribution in [-0.4, -0.2) is 32.8 Å². The maximum atomic E-state index is 6.01. The average molecular weight is 235 g/mol. The minimum atomic E-state index is 0.664. The van der Waals surface area contributed by atoms with Crippen molar-refractivity contribution in [2.75, 3.05) is 32.8 Å². The van der Waals surface area contributed by atoms with Gasteiger partial charge in [0.25, 0.3) is 0 Å². The highest BCUT2D eigenvalue weighted by molar-refractivity contribution is 6.18. The molecular formula is C12H23ClO2. The fourth-order valence-electron chi connectivity index (χ4n) is 2.35. The lowest BCUT2D eigenvalue weighted by Gasteiger charge is -2.20. The lowest BCUT2D eigenvalue weighted by Crippen LogP contribution is -2.16. The van der Waals surface area contributed by atoms with E-state index in [9.17, 15) is 0 Å². The maximum absolute atomic E-state index is 6.01. The molecule has 90 valence electrons. The highest BCUT2D eigenvalue weighted by Crippen LogP contribution is 2.33. The van der Waals surface area contributed by atoms with E-state index >= 15 is 0 Å². The van der Waals surface area contributed by atoms with Crippen molar-refractivity contribution in [2.45, 2.75) is 32.1 Å². The van der Waals surface area contributed by atoms with Crippen LogP contribution in [0.2, 0.25) is 0 Å². The molecule has 0 radical (unpaired) electrons. The molecular weight excluding hydrogens is 212 g/mol.